The highest BCUT2D eigenvalue weighted by molar-refractivity contribution is 9.09. The average Bonchev–Trinajstić information content (AvgIpc) is 1.87. The van der Waals surface area contributed by atoms with Crippen molar-refractivity contribution >= 4 is 15.9 Å². The highest BCUT2D eigenvalue weighted by atomic mass is 79.9. The van der Waals surface area contributed by atoms with E-state index in [9.17, 15) is 0 Å². The molecule has 1 heteroatoms. The van der Waals surface area contributed by atoms with Gasteiger partial charge in [0.15, 0.2) is 0 Å². The first-order valence-electron chi connectivity index (χ1n) is 4.38. The van der Waals surface area contributed by atoms with Crippen molar-refractivity contribution < 1.29 is 0 Å². The molecule has 0 atom stereocenters. The number of halogens is 1. The molecule has 0 aromatic carbocycles. The molecule has 0 N–H and O–H groups in total. The Morgan fingerprint density at radius 1 is 1.45 bits per heavy atom. The largest absolute Gasteiger partial charge is 0.0883 e. The third-order valence-electron chi connectivity index (χ3n) is 1.78. The Balaban J connectivity index is 3.31. The molecule has 0 aromatic rings. The molecule has 11 heavy (non-hydrogen) atoms. The molecule has 0 aromatic heterocycles. The molecule has 0 aliphatic heterocycles. The maximum atomic E-state index is 3.39. The zero-order chi connectivity index (χ0) is 8.69. The van der Waals surface area contributed by atoms with Crippen LogP contribution in [-0.2, 0) is 0 Å². The molecule has 0 aliphatic carbocycles. The van der Waals surface area contributed by atoms with Crippen LogP contribution in [0.25, 0.3) is 0 Å². The standard InChI is InChI=1S/C10H19Br/c1-9(2)5-4-6-10(3)7-8-11/h7,9H,4-6,8H2,1-3H3/b10-7+. The summed E-state index contributed by atoms with van der Waals surface area (Å²) in [6.07, 6.45) is 6.21. The Bertz CT molecular complexity index is 114. The summed E-state index contributed by atoms with van der Waals surface area (Å²) < 4.78 is 0. The van der Waals surface area contributed by atoms with Gasteiger partial charge in [-0.25, -0.2) is 0 Å². The van der Waals surface area contributed by atoms with Crippen LogP contribution in [0.4, 0.5) is 0 Å². The number of hydrogen-bond donors (Lipinski definition) is 0. The van der Waals surface area contributed by atoms with E-state index in [0.29, 0.717) is 0 Å². The van der Waals surface area contributed by atoms with Crippen molar-refractivity contribution in [3.05, 3.63) is 11.6 Å². The van der Waals surface area contributed by atoms with Crippen LogP contribution in [0.3, 0.4) is 0 Å². The molecule has 0 bridgehead atoms. The van der Waals surface area contributed by atoms with Crippen molar-refractivity contribution in [1.82, 2.24) is 0 Å². The van der Waals surface area contributed by atoms with Crippen LogP contribution in [0.15, 0.2) is 11.6 Å². The highest BCUT2D eigenvalue weighted by Crippen LogP contribution is 2.11. The van der Waals surface area contributed by atoms with Crippen LogP contribution in [-0.4, -0.2) is 5.33 Å². The topological polar surface area (TPSA) is 0 Å². The predicted octanol–water partition coefficient (Wildman–Crippen LogP) is 4.15. The number of hydrogen-bond acceptors (Lipinski definition) is 0. The molecule has 0 nitrogen and oxygen atoms in total. The van der Waals surface area contributed by atoms with Gasteiger partial charge >= 0.3 is 0 Å². The lowest BCUT2D eigenvalue weighted by molar-refractivity contribution is 0.554. The first-order chi connectivity index (χ1) is 5.16. The minimum atomic E-state index is 0.853. The van der Waals surface area contributed by atoms with Gasteiger partial charge < -0.3 is 0 Å². The van der Waals surface area contributed by atoms with Crippen LogP contribution in [0.2, 0.25) is 0 Å². The summed E-state index contributed by atoms with van der Waals surface area (Å²) in [5, 5.41) is 1.00. The monoisotopic (exact) mass is 218 g/mol. The van der Waals surface area contributed by atoms with Gasteiger partial charge in [0.2, 0.25) is 0 Å². The lowest BCUT2D eigenvalue weighted by Gasteiger charge is -2.03. The molecular weight excluding hydrogens is 200 g/mol. The van der Waals surface area contributed by atoms with Gasteiger partial charge in [0.05, 0.1) is 0 Å². The lowest BCUT2D eigenvalue weighted by Crippen LogP contribution is -1.87. The fourth-order valence-electron chi connectivity index (χ4n) is 1.02. The van der Waals surface area contributed by atoms with E-state index in [1.165, 1.54) is 24.8 Å². The second-order valence-corrected chi connectivity index (χ2v) is 4.14. The molecule has 66 valence electrons. The van der Waals surface area contributed by atoms with E-state index in [0.717, 1.165) is 11.2 Å². The van der Waals surface area contributed by atoms with Crippen molar-refractivity contribution in [2.24, 2.45) is 5.92 Å². The quantitative estimate of drug-likeness (QED) is 0.481. The van der Waals surface area contributed by atoms with Crippen LogP contribution in [0, 0.1) is 5.92 Å². The second-order valence-electron chi connectivity index (χ2n) is 3.49. The lowest BCUT2D eigenvalue weighted by atomic mass is 10.0. The summed E-state index contributed by atoms with van der Waals surface area (Å²) in [5.74, 6) is 0.853. The zero-order valence-electron chi connectivity index (χ0n) is 7.86. The van der Waals surface area contributed by atoms with E-state index in [-0.39, 0.29) is 0 Å². The Kier molecular flexibility index (Phi) is 7.04. The first kappa shape index (κ1) is 11.2. The highest BCUT2D eigenvalue weighted by Gasteiger charge is 1.94. The summed E-state index contributed by atoms with van der Waals surface area (Å²) in [5.41, 5.74) is 1.52. The number of alkyl halides is 1. The fraction of sp³-hybridized carbons (Fsp3) is 0.800. The van der Waals surface area contributed by atoms with Gasteiger partial charge in [-0.3, -0.25) is 0 Å². The Hall–Kier alpha value is 0.220. The van der Waals surface area contributed by atoms with Gasteiger partial charge in [-0.2, -0.15) is 0 Å². The SMILES string of the molecule is C/C(=C\CBr)CCCC(C)C. The fourth-order valence-corrected chi connectivity index (χ4v) is 1.58. The van der Waals surface area contributed by atoms with Gasteiger partial charge in [-0.15, -0.1) is 0 Å². The zero-order valence-corrected chi connectivity index (χ0v) is 9.45. The van der Waals surface area contributed by atoms with Crippen molar-refractivity contribution in [1.29, 1.82) is 0 Å². The third-order valence-corrected chi connectivity index (χ3v) is 2.10. The second kappa shape index (κ2) is 6.90. The van der Waals surface area contributed by atoms with E-state index < -0.39 is 0 Å². The molecule has 0 saturated heterocycles. The van der Waals surface area contributed by atoms with Crippen molar-refractivity contribution in [2.45, 2.75) is 40.0 Å². The summed E-state index contributed by atoms with van der Waals surface area (Å²) in [6, 6.07) is 0. The smallest absolute Gasteiger partial charge is 0.0214 e. The number of allylic oxidation sites excluding steroid dienone is 2. The summed E-state index contributed by atoms with van der Waals surface area (Å²) in [4.78, 5) is 0. The van der Waals surface area contributed by atoms with E-state index >= 15 is 0 Å². The summed E-state index contributed by atoms with van der Waals surface area (Å²) in [6.45, 7) is 6.77. The summed E-state index contributed by atoms with van der Waals surface area (Å²) >= 11 is 3.39. The molecule has 0 radical (unpaired) electrons. The van der Waals surface area contributed by atoms with E-state index in [4.69, 9.17) is 0 Å². The van der Waals surface area contributed by atoms with Crippen molar-refractivity contribution in [3.8, 4) is 0 Å². The van der Waals surface area contributed by atoms with Crippen molar-refractivity contribution in [3.63, 3.8) is 0 Å². The molecule has 0 heterocycles. The molecular formula is C10H19Br. The molecule has 0 rings (SSSR count). The van der Waals surface area contributed by atoms with Crippen molar-refractivity contribution in [2.75, 3.05) is 5.33 Å². The van der Waals surface area contributed by atoms with Gasteiger partial charge in [0.1, 0.15) is 0 Å². The maximum absolute atomic E-state index is 3.39. The van der Waals surface area contributed by atoms with Crippen LogP contribution < -0.4 is 0 Å². The van der Waals surface area contributed by atoms with Crippen LogP contribution >= 0.6 is 15.9 Å². The van der Waals surface area contributed by atoms with Crippen LogP contribution in [0.1, 0.15) is 40.0 Å². The van der Waals surface area contributed by atoms with Gasteiger partial charge in [0, 0.05) is 5.33 Å². The minimum absolute atomic E-state index is 0.853. The average molecular weight is 219 g/mol. The first-order valence-corrected chi connectivity index (χ1v) is 5.50. The van der Waals surface area contributed by atoms with E-state index in [1.807, 2.05) is 0 Å². The Morgan fingerprint density at radius 2 is 2.09 bits per heavy atom. The molecule has 0 unspecified atom stereocenters. The van der Waals surface area contributed by atoms with E-state index in [1.54, 1.807) is 0 Å². The van der Waals surface area contributed by atoms with Gasteiger partial charge in [-0.05, 0) is 25.7 Å². The van der Waals surface area contributed by atoms with E-state index in [2.05, 4.69) is 42.8 Å². The number of rotatable bonds is 5. The molecule has 0 amide bonds. The molecule has 0 aliphatic rings. The minimum Gasteiger partial charge on any atom is -0.0883 e. The molecule has 0 saturated carbocycles. The Labute approximate surface area is 79.2 Å². The maximum Gasteiger partial charge on any atom is 0.0214 e. The normalized spacial score (nSPS) is 12.6. The van der Waals surface area contributed by atoms with Crippen LogP contribution in [0.5, 0.6) is 0 Å². The Morgan fingerprint density at radius 3 is 2.55 bits per heavy atom. The summed E-state index contributed by atoms with van der Waals surface area (Å²) in [7, 11) is 0. The predicted molar refractivity (Wildman–Crippen MR) is 56.2 cm³/mol. The molecule has 0 spiro atoms. The third kappa shape index (κ3) is 8.12. The molecule has 0 fully saturated rings. The van der Waals surface area contributed by atoms with Gasteiger partial charge in [0.25, 0.3) is 0 Å². The van der Waals surface area contributed by atoms with Gasteiger partial charge in [-0.1, -0.05) is 47.8 Å².